The number of benzene rings is 3. The van der Waals surface area contributed by atoms with E-state index in [4.69, 9.17) is 0 Å². The van der Waals surface area contributed by atoms with Gasteiger partial charge in [0.15, 0.2) is 5.82 Å². The van der Waals surface area contributed by atoms with Gasteiger partial charge >= 0.3 is 0 Å². The van der Waals surface area contributed by atoms with Gasteiger partial charge in [0.2, 0.25) is 0 Å². The predicted molar refractivity (Wildman–Crippen MR) is 106 cm³/mol. The van der Waals surface area contributed by atoms with Gasteiger partial charge in [-0.05, 0) is 48.0 Å². The summed E-state index contributed by atoms with van der Waals surface area (Å²) >= 11 is 0. The monoisotopic (exact) mass is 369 g/mol. The average molecular weight is 369 g/mol. The molecule has 0 unspecified atom stereocenters. The van der Waals surface area contributed by atoms with E-state index in [2.05, 4.69) is 37.5 Å². The maximum atomic E-state index is 13.2. The van der Waals surface area contributed by atoms with Gasteiger partial charge in [-0.1, -0.05) is 30.3 Å². The van der Waals surface area contributed by atoms with Crippen LogP contribution < -0.4 is 0 Å². The fraction of sp³-hybridized carbons (Fsp3) is 0.0455. The molecule has 0 atom stereocenters. The summed E-state index contributed by atoms with van der Waals surface area (Å²) in [4.78, 5) is 4.63. The van der Waals surface area contributed by atoms with E-state index in [1.807, 2.05) is 36.4 Å². The molecule has 5 aromatic rings. The van der Waals surface area contributed by atoms with Crippen molar-refractivity contribution >= 4 is 10.9 Å². The lowest BCUT2D eigenvalue weighted by atomic mass is 10.1. The van der Waals surface area contributed by atoms with Gasteiger partial charge in [-0.25, -0.2) is 9.37 Å². The van der Waals surface area contributed by atoms with Gasteiger partial charge in [0.1, 0.15) is 11.6 Å². The van der Waals surface area contributed by atoms with E-state index in [-0.39, 0.29) is 5.82 Å². The number of hydrogen-bond acceptors (Lipinski definition) is 3. The van der Waals surface area contributed by atoms with Crippen molar-refractivity contribution in [2.24, 2.45) is 0 Å². The summed E-state index contributed by atoms with van der Waals surface area (Å²) in [7, 11) is 0. The number of nitrogens with one attached hydrogen (secondary N) is 2. The van der Waals surface area contributed by atoms with E-state index in [0.29, 0.717) is 12.2 Å². The summed E-state index contributed by atoms with van der Waals surface area (Å²) in [5, 5.41) is 15.8. The van der Waals surface area contributed by atoms with Gasteiger partial charge < -0.3 is 0 Å². The molecule has 3 aromatic carbocycles. The summed E-state index contributed by atoms with van der Waals surface area (Å²) in [5.41, 5.74) is 4.60. The standard InChI is InChI=1S/C22H16FN5/c23-17-9-6-15(7-10-17)21-18-13-16(8-11-19(18)25-27-21)22-24-20(26-28-22)12-14-4-2-1-3-5-14/h1-11,13H,12H2,(H,25,27)(H,24,26,28). The van der Waals surface area contributed by atoms with Crippen LogP contribution in [-0.2, 0) is 6.42 Å². The Morgan fingerprint density at radius 3 is 2.39 bits per heavy atom. The number of aromatic nitrogens is 5. The first-order chi connectivity index (χ1) is 13.8. The number of fused-ring (bicyclic) bond motifs is 1. The second-order valence-electron chi connectivity index (χ2n) is 6.61. The van der Waals surface area contributed by atoms with E-state index in [9.17, 15) is 4.39 Å². The lowest BCUT2D eigenvalue weighted by Gasteiger charge is -2.00. The highest BCUT2D eigenvalue weighted by atomic mass is 19.1. The fourth-order valence-electron chi connectivity index (χ4n) is 3.27. The van der Waals surface area contributed by atoms with Gasteiger partial charge in [-0.15, -0.1) is 0 Å². The number of halogens is 1. The van der Waals surface area contributed by atoms with Gasteiger partial charge in [0.25, 0.3) is 0 Å². The minimum atomic E-state index is -0.268. The van der Waals surface area contributed by atoms with Crippen LogP contribution in [0.4, 0.5) is 4.39 Å². The molecule has 0 spiro atoms. The Morgan fingerprint density at radius 2 is 1.57 bits per heavy atom. The zero-order valence-electron chi connectivity index (χ0n) is 14.9. The first-order valence-electron chi connectivity index (χ1n) is 8.96. The second-order valence-corrected chi connectivity index (χ2v) is 6.61. The van der Waals surface area contributed by atoms with Crippen LogP contribution in [0.2, 0.25) is 0 Å². The van der Waals surface area contributed by atoms with Crippen molar-refractivity contribution in [2.45, 2.75) is 6.42 Å². The summed E-state index contributed by atoms with van der Waals surface area (Å²) in [5.74, 6) is 1.18. The highest BCUT2D eigenvalue weighted by Gasteiger charge is 2.12. The molecule has 136 valence electrons. The number of nitrogens with zero attached hydrogens (tertiary/aromatic N) is 3. The predicted octanol–water partition coefficient (Wildman–Crippen LogP) is 4.74. The molecule has 0 amide bonds. The fourth-order valence-corrected chi connectivity index (χ4v) is 3.27. The van der Waals surface area contributed by atoms with Crippen LogP contribution in [-0.4, -0.2) is 25.4 Å². The quantitative estimate of drug-likeness (QED) is 0.480. The molecule has 2 heterocycles. The smallest absolute Gasteiger partial charge is 0.181 e. The Balaban J connectivity index is 1.50. The van der Waals surface area contributed by atoms with Crippen LogP contribution >= 0.6 is 0 Å². The topological polar surface area (TPSA) is 70.2 Å². The Hall–Kier alpha value is -3.80. The normalized spacial score (nSPS) is 11.2. The molecule has 28 heavy (non-hydrogen) atoms. The Labute approximate surface area is 160 Å². The Morgan fingerprint density at radius 1 is 0.786 bits per heavy atom. The molecular weight excluding hydrogens is 353 g/mol. The van der Waals surface area contributed by atoms with E-state index in [1.165, 1.54) is 17.7 Å². The lowest BCUT2D eigenvalue weighted by Crippen LogP contribution is -1.90. The van der Waals surface area contributed by atoms with Gasteiger partial charge in [0.05, 0.1) is 11.2 Å². The molecule has 0 radical (unpaired) electrons. The number of rotatable bonds is 4. The largest absolute Gasteiger partial charge is 0.277 e. The highest BCUT2D eigenvalue weighted by molar-refractivity contribution is 5.95. The van der Waals surface area contributed by atoms with Crippen LogP contribution in [0.3, 0.4) is 0 Å². The highest BCUT2D eigenvalue weighted by Crippen LogP contribution is 2.29. The van der Waals surface area contributed by atoms with Gasteiger partial charge in [-0.3, -0.25) is 10.2 Å². The zero-order chi connectivity index (χ0) is 18.9. The third kappa shape index (κ3) is 3.05. The molecule has 0 aliphatic rings. The molecule has 0 fully saturated rings. The Kier molecular flexibility index (Phi) is 3.94. The SMILES string of the molecule is Fc1ccc(-c2n[nH]c3ccc(-c4n[nH]c(Cc5ccccc5)n4)cc23)cc1. The van der Waals surface area contributed by atoms with Crippen LogP contribution in [0, 0.1) is 5.82 Å². The lowest BCUT2D eigenvalue weighted by molar-refractivity contribution is 0.628. The molecule has 5 nitrogen and oxygen atoms in total. The van der Waals surface area contributed by atoms with Crippen molar-refractivity contribution in [3.63, 3.8) is 0 Å². The summed E-state index contributed by atoms with van der Waals surface area (Å²) in [6, 6.07) is 22.4. The molecule has 0 aliphatic carbocycles. The first-order valence-corrected chi connectivity index (χ1v) is 8.96. The minimum absolute atomic E-state index is 0.268. The van der Waals surface area contributed by atoms with Gasteiger partial charge in [-0.2, -0.15) is 10.2 Å². The van der Waals surface area contributed by atoms with Crippen molar-refractivity contribution in [3.8, 4) is 22.6 Å². The molecule has 0 aliphatic heterocycles. The number of H-pyrrole nitrogens is 2. The van der Waals surface area contributed by atoms with Crippen LogP contribution in [0.5, 0.6) is 0 Å². The van der Waals surface area contributed by atoms with E-state index in [0.717, 1.165) is 33.5 Å². The molecule has 2 N–H and O–H groups in total. The second kappa shape index (κ2) is 6.74. The third-order valence-electron chi connectivity index (χ3n) is 4.68. The number of hydrogen-bond donors (Lipinski definition) is 2. The molecule has 0 saturated carbocycles. The van der Waals surface area contributed by atoms with E-state index < -0.39 is 0 Å². The molecule has 6 heteroatoms. The van der Waals surface area contributed by atoms with Crippen molar-refractivity contribution < 1.29 is 4.39 Å². The molecule has 5 rings (SSSR count). The van der Waals surface area contributed by atoms with Crippen molar-refractivity contribution in [2.75, 3.05) is 0 Å². The first kappa shape index (κ1) is 16.4. The molecule has 0 saturated heterocycles. The average Bonchev–Trinajstić information content (AvgIpc) is 3.36. The maximum absolute atomic E-state index is 13.2. The zero-order valence-corrected chi connectivity index (χ0v) is 14.9. The van der Waals surface area contributed by atoms with Crippen LogP contribution in [0.15, 0.2) is 72.8 Å². The van der Waals surface area contributed by atoms with Crippen LogP contribution in [0.1, 0.15) is 11.4 Å². The van der Waals surface area contributed by atoms with E-state index >= 15 is 0 Å². The van der Waals surface area contributed by atoms with Gasteiger partial charge in [0, 0.05) is 22.9 Å². The molecular formula is C22H16FN5. The van der Waals surface area contributed by atoms with Crippen molar-refractivity contribution in [3.05, 3.63) is 90.0 Å². The van der Waals surface area contributed by atoms with Crippen LogP contribution in [0.25, 0.3) is 33.5 Å². The molecule has 2 aromatic heterocycles. The number of aromatic amines is 2. The summed E-state index contributed by atoms with van der Waals surface area (Å²) < 4.78 is 13.2. The maximum Gasteiger partial charge on any atom is 0.181 e. The molecule has 0 bridgehead atoms. The van der Waals surface area contributed by atoms with Crippen molar-refractivity contribution in [1.29, 1.82) is 0 Å². The summed E-state index contributed by atoms with van der Waals surface area (Å²) in [6.07, 6.45) is 0.697. The van der Waals surface area contributed by atoms with E-state index in [1.54, 1.807) is 12.1 Å². The van der Waals surface area contributed by atoms with Crippen molar-refractivity contribution in [1.82, 2.24) is 25.4 Å². The third-order valence-corrected chi connectivity index (χ3v) is 4.68. The summed E-state index contributed by atoms with van der Waals surface area (Å²) in [6.45, 7) is 0. The minimum Gasteiger partial charge on any atom is -0.277 e. The Bertz CT molecular complexity index is 1240.